The van der Waals surface area contributed by atoms with E-state index >= 15 is 0 Å². The predicted octanol–water partition coefficient (Wildman–Crippen LogP) is 7.32. The summed E-state index contributed by atoms with van der Waals surface area (Å²) in [5.41, 5.74) is 5.46. The van der Waals surface area contributed by atoms with Crippen molar-refractivity contribution in [2.75, 3.05) is 13.7 Å². The van der Waals surface area contributed by atoms with Crippen molar-refractivity contribution in [2.24, 2.45) is 5.10 Å². The molecule has 4 aromatic carbocycles. The molecule has 9 heteroatoms. The van der Waals surface area contributed by atoms with Crippen LogP contribution in [0.25, 0.3) is 0 Å². The highest BCUT2D eigenvalue weighted by Crippen LogP contribution is 2.36. The molecule has 0 aliphatic rings. The zero-order chi connectivity index (χ0) is 28.3. The van der Waals surface area contributed by atoms with Crippen molar-refractivity contribution in [1.82, 2.24) is 5.43 Å². The standard InChI is InChI=1S/C31H28Cl2N2O5/c1-3-38-28-17-24(11-14-27(28)39-19-21-7-5-4-6-8-21)31(36)35-34-18-23-15-26(33)30(29(16-23)37-2)40-20-22-9-12-25(32)13-10-22/h4-18H,3,19-20H2,1-2H3,(H,35,36)/b34-18+. The topological polar surface area (TPSA) is 78.4 Å². The van der Waals surface area contributed by atoms with Crippen molar-refractivity contribution in [2.45, 2.75) is 20.1 Å². The number of halogens is 2. The molecule has 40 heavy (non-hydrogen) atoms. The number of amides is 1. The van der Waals surface area contributed by atoms with E-state index in [1.807, 2.05) is 49.4 Å². The summed E-state index contributed by atoms with van der Waals surface area (Å²) in [6.07, 6.45) is 1.47. The highest BCUT2D eigenvalue weighted by atomic mass is 35.5. The molecule has 4 rings (SSSR count). The first-order chi connectivity index (χ1) is 19.5. The largest absolute Gasteiger partial charge is 0.493 e. The molecule has 0 spiro atoms. The van der Waals surface area contributed by atoms with Gasteiger partial charge in [0, 0.05) is 10.6 Å². The maximum absolute atomic E-state index is 12.8. The summed E-state index contributed by atoms with van der Waals surface area (Å²) >= 11 is 12.4. The van der Waals surface area contributed by atoms with Crippen LogP contribution in [0.3, 0.4) is 0 Å². The van der Waals surface area contributed by atoms with Crippen LogP contribution in [0.4, 0.5) is 0 Å². The first-order valence-electron chi connectivity index (χ1n) is 12.5. The monoisotopic (exact) mass is 578 g/mol. The molecule has 1 amide bonds. The zero-order valence-corrected chi connectivity index (χ0v) is 23.5. The van der Waals surface area contributed by atoms with Crippen LogP contribution >= 0.6 is 23.2 Å². The Morgan fingerprint density at radius 1 is 0.825 bits per heavy atom. The van der Waals surface area contributed by atoms with Crippen molar-refractivity contribution >= 4 is 35.3 Å². The summed E-state index contributed by atoms with van der Waals surface area (Å²) < 4.78 is 23.0. The summed E-state index contributed by atoms with van der Waals surface area (Å²) in [6.45, 7) is 2.96. The highest BCUT2D eigenvalue weighted by molar-refractivity contribution is 6.32. The second-order valence-corrected chi connectivity index (χ2v) is 9.36. The van der Waals surface area contributed by atoms with E-state index in [0.29, 0.717) is 57.4 Å². The average Bonchev–Trinajstić information content (AvgIpc) is 2.97. The number of methoxy groups -OCH3 is 1. The van der Waals surface area contributed by atoms with E-state index in [0.717, 1.165) is 11.1 Å². The summed E-state index contributed by atoms with van der Waals surface area (Å²) in [5, 5.41) is 5.06. The number of rotatable bonds is 12. The Balaban J connectivity index is 1.40. The quantitative estimate of drug-likeness (QED) is 0.141. The molecule has 7 nitrogen and oxygen atoms in total. The van der Waals surface area contributed by atoms with Gasteiger partial charge in [0.2, 0.25) is 0 Å². The fourth-order valence-corrected chi connectivity index (χ4v) is 4.09. The van der Waals surface area contributed by atoms with Gasteiger partial charge in [0.15, 0.2) is 23.0 Å². The molecule has 0 atom stereocenters. The SMILES string of the molecule is CCOc1cc(C(=O)N/N=C/c2cc(Cl)c(OCc3ccc(Cl)cc3)c(OC)c2)ccc1OCc1ccccc1. The van der Waals surface area contributed by atoms with Gasteiger partial charge in [-0.3, -0.25) is 4.79 Å². The van der Waals surface area contributed by atoms with Crippen molar-refractivity contribution < 1.29 is 23.7 Å². The van der Waals surface area contributed by atoms with Gasteiger partial charge in [-0.1, -0.05) is 65.7 Å². The van der Waals surface area contributed by atoms with Crippen LogP contribution in [0.15, 0.2) is 90.0 Å². The number of ether oxygens (including phenoxy) is 4. The lowest BCUT2D eigenvalue weighted by Gasteiger charge is -2.13. The first-order valence-corrected chi connectivity index (χ1v) is 13.2. The van der Waals surface area contributed by atoms with E-state index in [-0.39, 0.29) is 6.61 Å². The van der Waals surface area contributed by atoms with Gasteiger partial charge in [-0.25, -0.2) is 5.43 Å². The fourth-order valence-electron chi connectivity index (χ4n) is 3.69. The normalized spacial score (nSPS) is 10.8. The lowest BCUT2D eigenvalue weighted by Crippen LogP contribution is -2.17. The molecule has 0 aliphatic heterocycles. The van der Waals surface area contributed by atoms with E-state index in [1.165, 1.54) is 13.3 Å². The Hall–Kier alpha value is -4.20. The maximum atomic E-state index is 12.8. The Bertz CT molecular complexity index is 1460. The van der Waals surface area contributed by atoms with Crippen molar-refractivity contribution in [3.05, 3.63) is 117 Å². The van der Waals surface area contributed by atoms with Crippen molar-refractivity contribution in [3.63, 3.8) is 0 Å². The number of carbonyl (C=O) groups is 1. The van der Waals surface area contributed by atoms with E-state index in [2.05, 4.69) is 10.5 Å². The Morgan fingerprint density at radius 3 is 2.27 bits per heavy atom. The molecular weight excluding hydrogens is 551 g/mol. The third-order valence-electron chi connectivity index (χ3n) is 5.67. The molecule has 0 radical (unpaired) electrons. The van der Waals surface area contributed by atoms with Crippen LogP contribution in [0, 0.1) is 0 Å². The van der Waals surface area contributed by atoms with E-state index in [1.54, 1.807) is 42.5 Å². The third kappa shape index (κ3) is 7.91. The van der Waals surface area contributed by atoms with Gasteiger partial charge in [0.1, 0.15) is 13.2 Å². The van der Waals surface area contributed by atoms with E-state index in [4.69, 9.17) is 42.1 Å². The fraction of sp³-hybridized carbons (Fsp3) is 0.161. The Kier molecular flexibility index (Phi) is 10.3. The van der Waals surface area contributed by atoms with Gasteiger partial charge >= 0.3 is 0 Å². The lowest BCUT2D eigenvalue weighted by atomic mass is 10.2. The summed E-state index contributed by atoms with van der Waals surface area (Å²) in [7, 11) is 1.52. The van der Waals surface area contributed by atoms with E-state index < -0.39 is 5.91 Å². The maximum Gasteiger partial charge on any atom is 0.271 e. The van der Waals surface area contributed by atoms with E-state index in [9.17, 15) is 4.79 Å². The van der Waals surface area contributed by atoms with Crippen LogP contribution in [0.2, 0.25) is 10.0 Å². The second-order valence-electron chi connectivity index (χ2n) is 8.52. The summed E-state index contributed by atoms with van der Waals surface area (Å²) in [6, 6.07) is 25.5. The van der Waals surface area contributed by atoms with Gasteiger partial charge in [-0.15, -0.1) is 0 Å². The van der Waals surface area contributed by atoms with Gasteiger partial charge in [-0.05, 0) is 66.1 Å². The van der Waals surface area contributed by atoms with Crippen molar-refractivity contribution in [1.29, 1.82) is 0 Å². The second kappa shape index (κ2) is 14.3. The molecule has 0 unspecified atom stereocenters. The Labute approximate surface area is 243 Å². The van der Waals surface area contributed by atoms with Crippen LogP contribution in [-0.4, -0.2) is 25.8 Å². The molecule has 0 saturated carbocycles. The molecule has 0 fully saturated rings. The molecule has 0 saturated heterocycles. The zero-order valence-electron chi connectivity index (χ0n) is 22.0. The average molecular weight is 579 g/mol. The summed E-state index contributed by atoms with van der Waals surface area (Å²) in [5.74, 6) is 1.44. The molecule has 4 aromatic rings. The molecule has 0 heterocycles. The molecular formula is C31H28Cl2N2O5. The number of hydrazone groups is 1. The van der Waals surface area contributed by atoms with Crippen molar-refractivity contribution in [3.8, 4) is 23.0 Å². The van der Waals surface area contributed by atoms with Crippen LogP contribution in [-0.2, 0) is 13.2 Å². The van der Waals surface area contributed by atoms with Gasteiger partial charge in [-0.2, -0.15) is 5.10 Å². The molecule has 0 bridgehead atoms. The van der Waals surface area contributed by atoms with Gasteiger partial charge < -0.3 is 18.9 Å². The van der Waals surface area contributed by atoms with Crippen LogP contribution < -0.4 is 24.4 Å². The number of benzene rings is 4. The minimum Gasteiger partial charge on any atom is -0.493 e. The molecule has 206 valence electrons. The van der Waals surface area contributed by atoms with Crippen LogP contribution in [0.5, 0.6) is 23.0 Å². The Morgan fingerprint density at radius 2 is 1.55 bits per heavy atom. The van der Waals surface area contributed by atoms with Gasteiger partial charge in [0.25, 0.3) is 5.91 Å². The number of hydrogen-bond acceptors (Lipinski definition) is 6. The van der Waals surface area contributed by atoms with Gasteiger partial charge in [0.05, 0.1) is 25.0 Å². The molecule has 1 N–H and O–H groups in total. The highest BCUT2D eigenvalue weighted by Gasteiger charge is 2.14. The molecule has 0 aliphatic carbocycles. The molecule has 0 aromatic heterocycles. The lowest BCUT2D eigenvalue weighted by molar-refractivity contribution is 0.0954. The smallest absolute Gasteiger partial charge is 0.271 e. The minimum atomic E-state index is -0.409. The minimum absolute atomic E-state index is 0.288. The van der Waals surface area contributed by atoms with Crippen LogP contribution in [0.1, 0.15) is 34.0 Å². The third-order valence-corrected chi connectivity index (χ3v) is 6.20. The number of hydrogen-bond donors (Lipinski definition) is 1. The first kappa shape index (κ1) is 28.8. The number of carbonyl (C=O) groups excluding carboxylic acids is 1. The predicted molar refractivity (Wildman–Crippen MR) is 157 cm³/mol. The number of nitrogens with zero attached hydrogens (tertiary/aromatic N) is 1. The summed E-state index contributed by atoms with van der Waals surface area (Å²) in [4.78, 5) is 12.8. The number of nitrogens with one attached hydrogen (secondary N) is 1.